The van der Waals surface area contributed by atoms with Crippen LogP contribution in [0.15, 0.2) is 29.3 Å². The van der Waals surface area contributed by atoms with Crippen molar-refractivity contribution in [2.45, 2.75) is 45.8 Å². The fourth-order valence-electron chi connectivity index (χ4n) is 3.10. The highest BCUT2D eigenvalue weighted by Crippen LogP contribution is 2.17. The molecule has 0 saturated heterocycles. The molecule has 1 aromatic carbocycles. The number of benzene rings is 1. The highest BCUT2D eigenvalue weighted by atomic mass is 16.6. The quantitative estimate of drug-likeness (QED) is 0.378. The Balaban J connectivity index is 1.56. The number of carbonyl (C=O) groups excluding carboxylic acids is 1. The number of fused-ring (bicyclic) bond motifs is 1. The topological polar surface area (TPSA) is 78.0 Å². The summed E-state index contributed by atoms with van der Waals surface area (Å²) in [5.74, 6) is 0.787. The van der Waals surface area contributed by atoms with Crippen molar-refractivity contribution in [1.29, 1.82) is 0 Å². The van der Waals surface area contributed by atoms with Gasteiger partial charge in [0.2, 0.25) is 0 Å². The molecular formula is C21H35N5O2. The molecule has 1 heterocycles. The van der Waals surface area contributed by atoms with E-state index in [0.29, 0.717) is 6.54 Å². The molecule has 0 aromatic heterocycles. The number of ether oxygens (including phenoxy) is 1. The van der Waals surface area contributed by atoms with E-state index in [2.05, 4.69) is 50.1 Å². The van der Waals surface area contributed by atoms with Crippen LogP contribution in [-0.4, -0.2) is 62.3 Å². The molecule has 0 aliphatic carbocycles. The Morgan fingerprint density at radius 3 is 2.50 bits per heavy atom. The van der Waals surface area contributed by atoms with Gasteiger partial charge in [-0.15, -0.1) is 0 Å². The Bertz CT molecular complexity index is 654. The molecule has 3 N–H and O–H groups in total. The minimum atomic E-state index is -0.468. The van der Waals surface area contributed by atoms with Crippen LogP contribution >= 0.6 is 0 Å². The fourth-order valence-corrected chi connectivity index (χ4v) is 3.10. The number of alkyl carbamates (subject to hydrolysis) is 1. The number of carbonyl (C=O) groups is 1. The standard InChI is InChI=1S/C21H35N5O2/c1-21(2,3)28-20(27)25-12-7-11-23-19(22-4)24-13-15-26-14-10-17-8-5-6-9-18(17)16-26/h5-6,8-9H,7,10-16H2,1-4H3,(H,25,27)(H2,22,23,24). The number of hydrogen-bond donors (Lipinski definition) is 3. The number of aliphatic imine (C=N–C) groups is 1. The van der Waals surface area contributed by atoms with Gasteiger partial charge in [-0.05, 0) is 44.7 Å². The Kier molecular flexibility index (Phi) is 8.57. The molecule has 1 aromatic rings. The van der Waals surface area contributed by atoms with E-state index in [1.165, 1.54) is 11.1 Å². The normalized spacial score (nSPS) is 14.9. The van der Waals surface area contributed by atoms with E-state index in [4.69, 9.17) is 4.74 Å². The smallest absolute Gasteiger partial charge is 0.407 e. The van der Waals surface area contributed by atoms with Crippen molar-refractivity contribution < 1.29 is 9.53 Å². The second kappa shape index (κ2) is 10.9. The van der Waals surface area contributed by atoms with Crippen molar-refractivity contribution in [3.05, 3.63) is 35.4 Å². The molecule has 7 nitrogen and oxygen atoms in total. The summed E-state index contributed by atoms with van der Waals surface area (Å²) in [5.41, 5.74) is 2.45. The molecule has 0 radical (unpaired) electrons. The van der Waals surface area contributed by atoms with Crippen LogP contribution in [0.3, 0.4) is 0 Å². The van der Waals surface area contributed by atoms with Gasteiger partial charge < -0.3 is 20.7 Å². The zero-order valence-electron chi connectivity index (χ0n) is 17.7. The van der Waals surface area contributed by atoms with Crippen molar-refractivity contribution in [3.63, 3.8) is 0 Å². The highest BCUT2D eigenvalue weighted by Gasteiger charge is 2.16. The number of nitrogens with one attached hydrogen (secondary N) is 3. The lowest BCUT2D eigenvalue weighted by Crippen LogP contribution is -2.43. The second-order valence-electron chi connectivity index (χ2n) is 8.00. The SMILES string of the molecule is CN=C(NCCCNC(=O)OC(C)(C)C)NCCN1CCc2ccccc2C1. The van der Waals surface area contributed by atoms with Gasteiger partial charge >= 0.3 is 6.09 Å². The van der Waals surface area contributed by atoms with Gasteiger partial charge in [-0.1, -0.05) is 24.3 Å². The van der Waals surface area contributed by atoms with Gasteiger partial charge in [0.25, 0.3) is 0 Å². The maximum atomic E-state index is 11.6. The Labute approximate surface area is 168 Å². The van der Waals surface area contributed by atoms with E-state index in [-0.39, 0.29) is 6.09 Å². The van der Waals surface area contributed by atoms with Crippen LogP contribution in [0.2, 0.25) is 0 Å². The number of guanidine groups is 1. The fraction of sp³-hybridized carbons (Fsp3) is 0.619. The zero-order valence-corrected chi connectivity index (χ0v) is 17.7. The van der Waals surface area contributed by atoms with Crippen LogP contribution < -0.4 is 16.0 Å². The zero-order chi connectivity index (χ0) is 20.4. The highest BCUT2D eigenvalue weighted by molar-refractivity contribution is 5.79. The monoisotopic (exact) mass is 389 g/mol. The van der Waals surface area contributed by atoms with Gasteiger partial charge in [0.15, 0.2) is 5.96 Å². The number of amides is 1. The van der Waals surface area contributed by atoms with E-state index in [0.717, 1.165) is 51.5 Å². The minimum Gasteiger partial charge on any atom is -0.444 e. The predicted octanol–water partition coefficient (Wildman–Crippen LogP) is 2.12. The van der Waals surface area contributed by atoms with E-state index >= 15 is 0 Å². The summed E-state index contributed by atoms with van der Waals surface area (Å²) in [6.45, 7) is 10.8. The molecule has 28 heavy (non-hydrogen) atoms. The summed E-state index contributed by atoms with van der Waals surface area (Å²) >= 11 is 0. The molecule has 0 spiro atoms. The van der Waals surface area contributed by atoms with Crippen LogP contribution in [-0.2, 0) is 17.7 Å². The van der Waals surface area contributed by atoms with Crippen LogP contribution in [0.4, 0.5) is 4.79 Å². The van der Waals surface area contributed by atoms with Crippen molar-refractivity contribution >= 4 is 12.1 Å². The summed E-state index contributed by atoms with van der Waals surface area (Å²) in [6, 6.07) is 8.69. The number of nitrogens with zero attached hydrogens (tertiary/aromatic N) is 2. The van der Waals surface area contributed by atoms with Gasteiger partial charge in [0.1, 0.15) is 5.60 Å². The third kappa shape index (κ3) is 8.17. The summed E-state index contributed by atoms with van der Waals surface area (Å²) in [6.07, 6.45) is 1.54. The average Bonchev–Trinajstić information content (AvgIpc) is 2.64. The molecule has 1 amide bonds. The Morgan fingerprint density at radius 1 is 1.11 bits per heavy atom. The molecule has 7 heteroatoms. The molecule has 1 aliphatic heterocycles. The summed E-state index contributed by atoms with van der Waals surface area (Å²) in [7, 11) is 1.77. The third-order valence-corrected chi connectivity index (χ3v) is 4.47. The molecule has 0 unspecified atom stereocenters. The molecule has 0 fully saturated rings. The van der Waals surface area contributed by atoms with Crippen LogP contribution in [0.1, 0.15) is 38.3 Å². The lowest BCUT2D eigenvalue weighted by atomic mass is 10.00. The largest absolute Gasteiger partial charge is 0.444 e. The number of rotatable bonds is 7. The molecule has 0 saturated carbocycles. The molecule has 0 atom stereocenters. The summed E-state index contributed by atoms with van der Waals surface area (Å²) in [4.78, 5) is 18.3. The van der Waals surface area contributed by atoms with Gasteiger partial charge in [-0.2, -0.15) is 0 Å². The van der Waals surface area contributed by atoms with Crippen LogP contribution in [0.25, 0.3) is 0 Å². The van der Waals surface area contributed by atoms with E-state index in [9.17, 15) is 4.79 Å². The molecule has 0 bridgehead atoms. The van der Waals surface area contributed by atoms with Crippen molar-refractivity contribution in [2.75, 3.05) is 39.8 Å². The van der Waals surface area contributed by atoms with Crippen molar-refractivity contribution in [3.8, 4) is 0 Å². The Hall–Kier alpha value is -2.28. The first kappa shape index (κ1) is 22.0. The molecular weight excluding hydrogens is 354 g/mol. The number of hydrogen-bond acceptors (Lipinski definition) is 4. The lowest BCUT2D eigenvalue weighted by Gasteiger charge is -2.28. The summed E-state index contributed by atoms with van der Waals surface area (Å²) in [5, 5.41) is 9.39. The van der Waals surface area contributed by atoms with Gasteiger partial charge in [-0.25, -0.2) is 4.79 Å². The first-order valence-corrected chi connectivity index (χ1v) is 10.1. The second-order valence-corrected chi connectivity index (χ2v) is 8.00. The first-order valence-electron chi connectivity index (χ1n) is 10.1. The van der Waals surface area contributed by atoms with Crippen molar-refractivity contribution in [2.24, 2.45) is 4.99 Å². The first-order chi connectivity index (χ1) is 13.4. The van der Waals surface area contributed by atoms with Gasteiger partial charge in [0, 0.05) is 46.3 Å². The summed E-state index contributed by atoms with van der Waals surface area (Å²) < 4.78 is 5.21. The van der Waals surface area contributed by atoms with E-state index < -0.39 is 5.60 Å². The van der Waals surface area contributed by atoms with Gasteiger partial charge in [-0.3, -0.25) is 9.89 Å². The Morgan fingerprint density at radius 2 is 1.79 bits per heavy atom. The average molecular weight is 390 g/mol. The van der Waals surface area contributed by atoms with E-state index in [1.54, 1.807) is 7.05 Å². The van der Waals surface area contributed by atoms with Crippen LogP contribution in [0.5, 0.6) is 0 Å². The van der Waals surface area contributed by atoms with Crippen LogP contribution in [0, 0.1) is 0 Å². The molecule has 156 valence electrons. The maximum Gasteiger partial charge on any atom is 0.407 e. The van der Waals surface area contributed by atoms with Crippen molar-refractivity contribution in [1.82, 2.24) is 20.9 Å². The molecule has 1 aliphatic rings. The predicted molar refractivity (Wildman–Crippen MR) is 114 cm³/mol. The lowest BCUT2D eigenvalue weighted by molar-refractivity contribution is 0.0527. The maximum absolute atomic E-state index is 11.6. The minimum absolute atomic E-state index is 0.377. The molecule has 2 rings (SSSR count). The van der Waals surface area contributed by atoms with Gasteiger partial charge in [0.05, 0.1) is 0 Å². The van der Waals surface area contributed by atoms with E-state index in [1.807, 2.05) is 20.8 Å². The third-order valence-electron chi connectivity index (χ3n) is 4.47.